The maximum Gasteiger partial charge on any atom is 0.339 e. The van der Waals surface area contributed by atoms with Gasteiger partial charge in [0.25, 0.3) is 0 Å². The van der Waals surface area contributed by atoms with Gasteiger partial charge in [0.05, 0.1) is 7.11 Å². The number of hydrogen-bond acceptors (Lipinski definition) is 3. The third-order valence-corrected chi connectivity index (χ3v) is 3.24. The first kappa shape index (κ1) is 14.4. The van der Waals surface area contributed by atoms with E-state index in [0.29, 0.717) is 11.5 Å². The zero-order valence-electron chi connectivity index (χ0n) is 10.8. The Bertz CT molecular complexity index is 625. The van der Waals surface area contributed by atoms with Gasteiger partial charge in [-0.1, -0.05) is 34.1 Å². The SMILES string of the molecule is COc1ccccc1COc1cc(Br)ccc1C(=O)O. The van der Waals surface area contributed by atoms with E-state index in [0.717, 1.165) is 10.0 Å². The molecule has 0 fully saturated rings. The maximum atomic E-state index is 11.1. The van der Waals surface area contributed by atoms with Crippen LogP contribution in [0, 0.1) is 0 Å². The topological polar surface area (TPSA) is 55.8 Å². The molecule has 0 saturated heterocycles. The standard InChI is InChI=1S/C15H13BrO4/c1-19-13-5-3-2-4-10(13)9-20-14-8-11(16)6-7-12(14)15(17)18/h2-8H,9H2,1H3,(H,17,18). The molecule has 0 atom stereocenters. The summed E-state index contributed by atoms with van der Waals surface area (Å²) >= 11 is 3.30. The lowest BCUT2D eigenvalue weighted by Gasteiger charge is -2.12. The fourth-order valence-corrected chi connectivity index (χ4v) is 2.11. The zero-order valence-corrected chi connectivity index (χ0v) is 12.4. The van der Waals surface area contributed by atoms with Crippen molar-refractivity contribution in [3.05, 3.63) is 58.1 Å². The van der Waals surface area contributed by atoms with E-state index in [1.165, 1.54) is 6.07 Å². The Labute approximate surface area is 125 Å². The molecule has 0 bridgehead atoms. The van der Waals surface area contributed by atoms with Gasteiger partial charge in [0.2, 0.25) is 0 Å². The van der Waals surface area contributed by atoms with Gasteiger partial charge in [-0.15, -0.1) is 0 Å². The number of aromatic carboxylic acids is 1. The molecule has 5 heteroatoms. The summed E-state index contributed by atoms with van der Waals surface area (Å²) in [6.07, 6.45) is 0. The minimum Gasteiger partial charge on any atom is -0.496 e. The number of carboxylic acids is 1. The predicted molar refractivity (Wildman–Crippen MR) is 78.4 cm³/mol. The van der Waals surface area contributed by atoms with Crippen molar-refractivity contribution in [2.75, 3.05) is 7.11 Å². The highest BCUT2D eigenvalue weighted by Gasteiger charge is 2.12. The molecule has 0 aliphatic carbocycles. The molecule has 0 aromatic heterocycles. The molecule has 1 N–H and O–H groups in total. The van der Waals surface area contributed by atoms with Crippen molar-refractivity contribution in [1.82, 2.24) is 0 Å². The van der Waals surface area contributed by atoms with Gasteiger partial charge >= 0.3 is 5.97 Å². The van der Waals surface area contributed by atoms with Crippen LogP contribution in [0.2, 0.25) is 0 Å². The smallest absolute Gasteiger partial charge is 0.339 e. The molecule has 20 heavy (non-hydrogen) atoms. The van der Waals surface area contributed by atoms with Crippen LogP contribution in [0.1, 0.15) is 15.9 Å². The number of halogens is 1. The number of carbonyl (C=O) groups is 1. The summed E-state index contributed by atoms with van der Waals surface area (Å²) in [5.41, 5.74) is 0.981. The summed E-state index contributed by atoms with van der Waals surface area (Å²) in [5, 5.41) is 9.13. The lowest BCUT2D eigenvalue weighted by molar-refractivity contribution is 0.0691. The lowest BCUT2D eigenvalue weighted by Crippen LogP contribution is -2.04. The minimum absolute atomic E-state index is 0.128. The highest BCUT2D eigenvalue weighted by molar-refractivity contribution is 9.10. The Morgan fingerprint density at radius 1 is 1.20 bits per heavy atom. The molecule has 0 spiro atoms. The van der Waals surface area contributed by atoms with Crippen LogP contribution in [0.5, 0.6) is 11.5 Å². The Morgan fingerprint density at radius 3 is 2.65 bits per heavy atom. The van der Waals surface area contributed by atoms with E-state index in [9.17, 15) is 4.79 Å². The van der Waals surface area contributed by atoms with Crippen LogP contribution in [0.3, 0.4) is 0 Å². The number of hydrogen-bond donors (Lipinski definition) is 1. The number of ether oxygens (including phenoxy) is 2. The van der Waals surface area contributed by atoms with Crippen molar-refractivity contribution in [2.24, 2.45) is 0 Å². The molecule has 104 valence electrons. The summed E-state index contributed by atoms with van der Waals surface area (Å²) in [7, 11) is 1.58. The Kier molecular flexibility index (Phi) is 4.63. The Balaban J connectivity index is 2.22. The summed E-state index contributed by atoms with van der Waals surface area (Å²) in [4.78, 5) is 11.1. The van der Waals surface area contributed by atoms with Crippen molar-refractivity contribution in [3.63, 3.8) is 0 Å². The third kappa shape index (κ3) is 3.30. The number of rotatable bonds is 5. The van der Waals surface area contributed by atoms with Crippen molar-refractivity contribution in [2.45, 2.75) is 6.61 Å². The molecule has 0 heterocycles. The van der Waals surface area contributed by atoms with Crippen LogP contribution >= 0.6 is 15.9 Å². The predicted octanol–water partition coefficient (Wildman–Crippen LogP) is 3.73. The van der Waals surface area contributed by atoms with Crippen LogP contribution in [0.15, 0.2) is 46.9 Å². The van der Waals surface area contributed by atoms with Crippen molar-refractivity contribution < 1.29 is 19.4 Å². The lowest BCUT2D eigenvalue weighted by atomic mass is 10.2. The first-order valence-electron chi connectivity index (χ1n) is 5.89. The zero-order chi connectivity index (χ0) is 14.5. The molecule has 0 amide bonds. The third-order valence-electron chi connectivity index (χ3n) is 2.75. The second-order valence-corrected chi connectivity index (χ2v) is 4.96. The minimum atomic E-state index is -1.02. The van der Waals surface area contributed by atoms with Crippen LogP contribution in [0.25, 0.3) is 0 Å². The molecule has 0 aliphatic rings. The average molecular weight is 337 g/mol. The molecule has 2 rings (SSSR count). The number of benzene rings is 2. The summed E-state index contributed by atoms with van der Waals surface area (Å²) < 4.78 is 11.6. The first-order chi connectivity index (χ1) is 9.61. The van der Waals surface area contributed by atoms with E-state index >= 15 is 0 Å². The molecule has 0 unspecified atom stereocenters. The van der Waals surface area contributed by atoms with Gasteiger partial charge in [-0.05, 0) is 24.3 Å². The van der Waals surface area contributed by atoms with E-state index in [2.05, 4.69) is 15.9 Å². The van der Waals surface area contributed by atoms with Gasteiger partial charge in [0, 0.05) is 10.0 Å². The molecule has 0 saturated carbocycles. The monoisotopic (exact) mass is 336 g/mol. The van der Waals surface area contributed by atoms with Crippen LogP contribution < -0.4 is 9.47 Å². The van der Waals surface area contributed by atoms with E-state index in [-0.39, 0.29) is 12.2 Å². The van der Waals surface area contributed by atoms with Gasteiger partial charge in [-0.3, -0.25) is 0 Å². The van der Waals surface area contributed by atoms with Crippen LogP contribution in [0.4, 0.5) is 0 Å². The van der Waals surface area contributed by atoms with Crippen molar-refractivity contribution in [1.29, 1.82) is 0 Å². The first-order valence-corrected chi connectivity index (χ1v) is 6.68. The van der Waals surface area contributed by atoms with Gasteiger partial charge in [-0.2, -0.15) is 0 Å². The van der Waals surface area contributed by atoms with E-state index in [4.69, 9.17) is 14.6 Å². The number of carboxylic acid groups (broad SMARTS) is 1. The molecule has 0 radical (unpaired) electrons. The van der Waals surface area contributed by atoms with E-state index < -0.39 is 5.97 Å². The van der Waals surface area contributed by atoms with E-state index in [1.807, 2.05) is 24.3 Å². The number of para-hydroxylation sites is 1. The molecular formula is C15H13BrO4. The average Bonchev–Trinajstić information content (AvgIpc) is 2.45. The van der Waals surface area contributed by atoms with Crippen LogP contribution in [-0.2, 0) is 6.61 Å². The second kappa shape index (κ2) is 6.43. The highest BCUT2D eigenvalue weighted by Crippen LogP contribution is 2.26. The molecular weight excluding hydrogens is 324 g/mol. The van der Waals surface area contributed by atoms with Gasteiger partial charge in [0.15, 0.2) is 0 Å². The fourth-order valence-electron chi connectivity index (χ4n) is 1.77. The molecule has 0 aliphatic heterocycles. The van der Waals surface area contributed by atoms with Gasteiger partial charge < -0.3 is 14.6 Å². The summed E-state index contributed by atoms with van der Waals surface area (Å²) in [6.45, 7) is 0.237. The molecule has 2 aromatic rings. The van der Waals surface area contributed by atoms with Crippen molar-refractivity contribution in [3.8, 4) is 11.5 Å². The second-order valence-electron chi connectivity index (χ2n) is 4.05. The summed E-state index contributed by atoms with van der Waals surface area (Å²) in [5.74, 6) is 0.00433. The van der Waals surface area contributed by atoms with Crippen LogP contribution in [-0.4, -0.2) is 18.2 Å². The van der Waals surface area contributed by atoms with Crippen molar-refractivity contribution >= 4 is 21.9 Å². The quantitative estimate of drug-likeness (QED) is 0.903. The highest BCUT2D eigenvalue weighted by atomic mass is 79.9. The molecule has 4 nitrogen and oxygen atoms in total. The fraction of sp³-hybridized carbons (Fsp3) is 0.133. The van der Waals surface area contributed by atoms with E-state index in [1.54, 1.807) is 19.2 Å². The van der Waals surface area contributed by atoms with Gasteiger partial charge in [0.1, 0.15) is 23.7 Å². The largest absolute Gasteiger partial charge is 0.496 e. The number of methoxy groups -OCH3 is 1. The Morgan fingerprint density at radius 2 is 1.95 bits per heavy atom. The normalized spacial score (nSPS) is 10.1. The molecule has 2 aromatic carbocycles. The summed E-state index contributed by atoms with van der Waals surface area (Å²) in [6, 6.07) is 12.3. The Hall–Kier alpha value is -2.01. The van der Waals surface area contributed by atoms with Gasteiger partial charge in [-0.25, -0.2) is 4.79 Å². The maximum absolute atomic E-state index is 11.1.